The predicted molar refractivity (Wildman–Crippen MR) is 149 cm³/mol. The van der Waals surface area contributed by atoms with E-state index in [9.17, 15) is 9.59 Å². The summed E-state index contributed by atoms with van der Waals surface area (Å²) in [5.41, 5.74) is 2.19. The Morgan fingerprint density at radius 3 is 2.58 bits per heavy atom. The average molecular weight is 562 g/mol. The smallest absolute Gasteiger partial charge is 0.254 e. The van der Waals surface area contributed by atoms with Gasteiger partial charge in [-0.3, -0.25) is 9.59 Å². The van der Waals surface area contributed by atoms with Gasteiger partial charge >= 0.3 is 0 Å². The van der Waals surface area contributed by atoms with E-state index in [1.807, 2.05) is 33.1 Å². The van der Waals surface area contributed by atoms with E-state index in [1.54, 1.807) is 13.2 Å². The molecule has 38 heavy (non-hydrogen) atoms. The minimum atomic E-state index is -0.838. The summed E-state index contributed by atoms with van der Waals surface area (Å²) in [6.45, 7) is 7.77. The highest BCUT2D eigenvalue weighted by molar-refractivity contribution is 7.98. The number of thioether (sulfide) groups is 1. The predicted octanol–water partition coefficient (Wildman–Crippen LogP) is 4.67. The Morgan fingerprint density at radius 2 is 1.92 bits per heavy atom. The maximum Gasteiger partial charge on any atom is 0.254 e. The summed E-state index contributed by atoms with van der Waals surface area (Å²) in [7, 11) is 1.79. The first-order valence-corrected chi connectivity index (χ1v) is 14.8. The van der Waals surface area contributed by atoms with Gasteiger partial charge in [0.1, 0.15) is 0 Å². The molecule has 2 fully saturated rings. The van der Waals surface area contributed by atoms with Crippen molar-refractivity contribution in [3.05, 3.63) is 49.9 Å². The molecule has 1 saturated carbocycles. The van der Waals surface area contributed by atoms with Crippen molar-refractivity contribution in [1.82, 2.24) is 15.2 Å². The fourth-order valence-corrected chi connectivity index (χ4v) is 6.80. The number of rotatable bonds is 7. The van der Waals surface area contributed by atoms with Crippen molar-refractivity contribution in [2.24, 2.45) is 5.92 Å². The lowest BCUT2D eigenvalue weighted by Crippen LogP contribution is -2.54. The Labute approximate surface area is 232 Å². The molecule has 1 aromatic heterocycles. The second kappa shape index (κ2) is 10.8. The number of benzene rings is 1. The summed E-state index contributed by atoms with van der Waals surface area (Å²) < 4.78 is 18.3. The van der Waals surface area contributed by atoms with Crippen LogP contribution in [0.1, 0.15) is 59.8 Å². The lowest BCUT2D eigenvalue weighted by molar-refractivity contribution is -0.131. The highest BCUT2D eigenvalue weighted by Gasteiger charge is 2.48. The minimum Gasteiger partial charge on any atom is -0.448 e. The number of fused-ring (bicyclic) bond motifs is 1. The molecule has 10 heteroatoms. The summed E-state index contributed by atoms with van der Waals surface area (Å²) >= 11 is 8.10. The van der Waals surface area contributed by atoms with Crippen LogP contribution in [0.5, 0.6) is 11.5 Å². The van der Waals surface area contributed by atoms with E-state index < -0.39 is 5.79 Å². The number of carbonyl (C=O) groups is 1. The standard InChI is InChI=1S/C28H36ClN3O5S/c1-15-10-23(38-5)21(27(34)31-15)14-30-26(33)20-13-22(29)25-24(16(20)2)36-28(3,37-25)17-6-8-32(9-7-17)18-11-19(12-18)35-4/h10,13,17-19H,6-9,11-12,14H2,1-5H3,(H,30,33)(H,31,34)/t18?,19?,28-/m0/s1. The van der Waals surface area contributed by atoms with Gasteiger partial charge in [0.15, 0.2) is 11.5 Å². The zero-order chi connectivity index (χ0) is 27.2. The van der Waals surface area contributed by atoms with E-state index in [-0.39, 0.29) is 23.9 Å². The monoisotopic (exact) mass is 561 g/mol. The maximum atomic E-state index is 13.2. The van der Waals surface area contributed by atoms with Crippen LogP contribution < -0.4 is 20.3 Å². The molecule has 3 heterocycles. The molecule has 2 aromatic rings. The molecule has 5 rings (SSSR count). The van der Waals surface area contributed by atoms with Crippen LogP contribution in [0.25, 0.3) is 0 Å². The van der Waals surface area contributed by atoms with Crippen molar-refractivity contribution in [3.8, 4) is 11.5 Å². The van der Waals surface area contributed by atoms with Crippen molar-refractivity contribution >= 4 is 29.3 Å². The van der Waals surface area contributed by atoms with Crippen LogP contribution in [0, 0.1) is 19.8 Å². The van der Waals surface area contributed by atoms with E-state index in [1.165, 1.54) is 11.8 Å². The SMILES string of the molecule is COC1CC(N2CCC([C@]3(C)Oc4c(Cl)cc(C(=O)NCc5c(SC)cc(C)[nH]c5=O)c(C)c4O3)CC2)C1. The van der Waals surface area contributed by atoms with Crippen LogP contribution in [0.2, 0.25) is 5.02 Å². The average Bonchev–Trinajstić information content (AvgIpc) is 3.24. The number of pyridine rings is 1. The summed E-state index contributed by atoms with van der Waals surface area (Å²) in [6.07, 6.45) is 6.44. The number of hydrogen-bond donors (Lipinski definition) is 2. The van der Waals surface area contributed by atoms with Crippen LogP contribution >= 0.6 is 23.4 Å². The van der Waals surface area contributed by atoms with Crippen LogP contribution in [0.15, 0.2) is 21.8 Å². The van der Waals surface area contributed by atoms with Crippen molar-refractivity contribution in [2.45, 2.75) is 75.8 Å². The van der Waals surface area contributed by atoms with E-state index in [4.69, 9.17) is 25.8 Å². The third kappa shape index (κ3) is 5.06. The molecule has 0 unspecified atom stereocenters. The van der Waals surface area contributed by atoms with E-state index >= 15 is 0 Å². The first kappa shape index (κ1) is 27.4. The topological polar surface area (TPSA) is 92.9 Å². The highest BCUT2D eigenvalue weighted by Crippen LogP contribution is 2.51. The van der Waals surface area contributed by atoms with Gasteiger partial charge in [-0.15, -0.1) is 11.8 Å². The number of methoxy groups -OCH3 is 1. The summed E-state index contributed by atoms with van der Waals surface area (Å²) in [4.78, 5) is 31.9. The number of piperidine rings is 1. The molecule has 3 aliphatic rings. The van der Waals surface area contributed by atoms with Crippen molar-refractivity contribution in [1.29, 1.82) is 0 Å². The fourth-order valence-electron chi connectivity index (χ4n) is 5.87. The number of aromatic nitrogens is 1. The number of H-pyrrole nitrogens is 1. The molecule has 0 radical (unpaired) electrons. The highest BCUT2D eigenvalue weighted by atomic mass is 35.5. The molecule has 0 spiro atoms. The zero-order valence-corrected chi connectivity index (χ0v) is 24.2. The number of amides is 1. The molecule has 1 aromatic carbocycles. The molecule has 1 aliphatic carbocycles. The van der Waals surface area contributed by atoms with E-state index in [2.05, 4.69) is 15.2 Å². The number of carbonyl (C=O) groups excluding carboxylic acids is 1. The lowest BCUT2D eigenvalue weighted by atomic mass is 9.83. The minimum absolute atomic E-state index is 0.110. The zero-order valence-electron chi connectivity index (χ0n) is 22.6. The normalized spacial score (nSPS) is 25.3. The Kier molecular flexibility index (Phi) is 7.75. The van der Waals surface area contributed by atoms with Crippen LogP contribution in [0.3, 0.4) is 0 Å². The van der Waals surface area contributed by atoms with Crippen molar-refractivity contribution < 1.29 is 19.0 Å². The molecule has 2 aliphatic heterocycles. The Morgan fingerprint density at radius 1 is 1.24 bits per heavy atom. The van der Waals surface area contributed by atoms with E-state index in [0.717, 1.165) is 49.4 Å². The van der Waals surface area contributed by atoms with Gasteiger partial charge < -0.3 is 29.4 Å². The molecule has 1 saturated heterocycles. The fraction of sp³-hybridized carbons (Fsp3) is 0.571. The summed E-state index contributed by atoms with van der Waals surface area (Å²) in [6, 6.07) is 4.14. The molecule has 0 bridgehead atoms. The van der Waals surface area contributed by atoms with E-state index in [0.29, 0.717) is 45.4 Å². The molecule has 1 amide bonds. The third-order valence-corrected chi connectivity index (χ3v) is 9.44. The third-order valence-electron chi connectivity index (χ3n) is 8.36. The van der Waals surface area contributed by atoms with Crippen LogP contribution in [-0.2, 0) is 11.3 Å². The van der Waals surface area contributed by atoms with Gasteiger partial charge in [0.25, 0.3) is 17.3 Å². The summed E-state index contributed by atoms with van der Waals surface area (Å²) in [5, 5.41) is 3.23. The number of aromatic amines is 1. The molecule has 1 atom stereocenters. The second-order valence-corrected chi connectivity index (χ2v) is 12.0. The Balaban J connectivity index is 1.27. The molecule has 206 valence electrons. The van der Waals surface area contributed by atoms with Crippen LogP contribution in [0.4, 0.5) is 0 Å². The number of nitrogens with zero attached hydrogens (tertiary/aromatic N) is 1. The van der Waals surface area contributed by atoms with Crippen molar-refractivity contribution in [2.75, 3.05) is 26.5 Å². The number of likely N-dealkylation sites (tertiary alicyclic amines) is 1. The van der Waals surface area contributed by atoms with Gasteiger partial charge in [0.05, 0.1) is 11.1 Å². The van der Waals surface area contributed by atoms with Gasteiger partial charge in [0.2, 0.25) is 0 Å². The van der Waals surface area contributed by atoms with Gasteiger partial charge in [-0.05, 0) is 71.0 Å². The maximum absolute atomic E-state index is 13.2. The quantitative estimate of drug-likeness (QED) is 0.474. The lowest BCUT2D eigenvalue weighted by Gasteiger charge is -2.46. The second-order valence-electron chi connectivity index (χ2n) is 10.7. The largest absolute Gasteiger partial charge is 0.448 e. The molecular weight excluding hydrogens is 526 g/mol. The molecular formula is C28H36ClN3O5S. The molecule has 8 nitrogen and oxygen atoms in total. The van der Waals surface area contributed by atoms with Gasteiger partial charge in [-0.2, -0.15) is 0 Å². The summed E-state index contributed by atoms with van der Waals surface area (Å²) in [5.74, 6) is 0.0597. The van der Waals surface area contributed by atoms with Gasteiger partial charge in [0, 0.05) is 59.8 Å². The Hall–Kier alpha value is -2.20. The Bertz CT molecular complexity index is 1290. The number of halogens is 1. The van der Waals surface area contributed by atoms with Gasteiger partial charge in [-0.25, -0.2) is 0 Å². The number of ether oxygens (including phenoxy) is 3. The van der Waals surface area contributed by atoms with Gasteiger partial charge in [-0.1, -0.05) is 11.6 Å². The first-order chi connectivity index (χ1) is 18.1. The number of aryl methyl sites for hydroxylation is 1. The molecule has 2 N–H and O–H groups in total. The number of hydrogen-bond acceptors (Lipinski definition) is 7. The van der Waals surface area contributed by atoms with Crippen LogP contribution in [-0.4, -0.2) is 60.2 Å². The van der Waals surface area contributed by atoms with Crippen molar-refractivity contribution in [3.63, 3.8) is 0 Å². The number of nitrogens with one attached hydrogen (secondary N) is 2. The first-order valence-electron chi connectivity index (χ1n) is 13.2.